The monoisotopic (exact) mass is 442 g/mol. The highest BCUT2D eigenvalue weighted by molar-refractivity contribution is 5.79. The van der Waals surface area contributed by atoms with Crippen LogP contribution in [0.2, 0.25) is 0 Å². The summed E-state index contributed by atoms with van der Waals surface area (Å²) >= 11 is 0. The molecule has 6 rings (SSSR count). The fourth-order valence-electron chi connectivity index (χ4n) is 5.74. The van der Waals surface area contributed by atoms with Crippen LogP contribution in [0.3, 0.4) is 0 Å². The summed E-state index contributed by atoms with van der Waals surface area (Å²) in [7, 11) is 0. The molecule has 2 nitrogen and oxygen atoms in total. The Morgan fingerprint density at radius 2 is 1.65 bits per heavy atom. The predicted molar refractivity (Wildman–Crippen MR) is 142 cm³/mol. The van der Waals surface area contributed by atoms with Gasteiger partial charge in [-0.3, -0.25) is 0 Å². The van der Waals surface area contributed by atoms with Crippen LogP contribution in [0.4, 0.5) is 0 Å². The molecule has 1 N–H and O–H groups in total. The Morgan fingerprint density at radius 3 is 2.44 bits per heavy atom. The lowest BCUT2D eigenvalue weighted by atomic mass is 9.79. The fraction of sp³-hybridized carbons (Fsp3) is 0.188. The first-order valence-electron chi connectivity index (χ1n) is 12.1. The summed E-state index contributed by atoms with van der Waals surface area (Å²) in [6.07, 6.45) is 11.2. The Labute approximate surface area is 202 Å². The van der Waals surface area contributed by atoms with Crippen molar-refractivity contribution < 1.29 is 0 Å². The topological polar surface area (TPSA) is 15.3 Å². The molecule has 0 bridgehead atoms. The molecule has 0 saturated carbocycles. The van der Waals surface area contributed by atoms with Crippen molar-refractivity contribution in [3.63, 3.8) is 0 Å². The molecule has 0 saturated heterocycles. The van der Waals surface area contributed by atoms with E-state index in [4.69, 9.17) is 0 Å². The molecule has 1 unspecified atom stereocenters. The van der Waals surface area contributed by atoms with E-state index in [0.717, 1.165) is 6.54 Å². The Hall–Kier alpha value is -3.78. The van der Waals surface area contributed by atoms with Crippen LogP contribution in [-0.2, 0) is 5.54 Å². The number of nitrogens with zero attached hydrogens (tertiary/aromatic N) is 1. The molecular weight excluding hydrogens is 412 g/mol. The molecule has 0 radical (unpaired) electrons. The van der Waals surface area contributed by atoms with Gasteiger partial charge >= 0.3 is 0 Å². The van der Waals surface area contributed by atoms with E-state index in [1.54, 1.807) is 0 Å². The Balaban J connectivity index is 1.57. The van der Waals surface area contributed by atoms with Crippen LogP contribution in [0.5, 0.6) is 0 Å². The third-order valence-electron chi connectivity index (χ3n) is 7.55. The zero-order valence-electron chi connectivity index (χ0n) is 20.0. The molecule has 0 fully saturated rings. The van der Waals surface area contributed by atoms with Gasteiger partial charge in [-0.05, 0) is 66.3 Å². The number of hydrogen-bond acceptors (Lipinski definition) is 2. The summed E-state index contributed by atoms with van der Waals surface area (Å²) in [6, 6.07) is 26.8. The largest absolute Gasteiger partial charge is 0.380 e. The molecule has 0 aliphatic carbocycles. The lowest BCUT2D eigenvalue weighted by molar-refractivity contribution is 0.257. The van der Waals surface area contributed by atoms with Gasteiger partial charge in [0.1, 0.15) is 0 Å². The maximum Gasteiger partial charge on any atom is 0.0892 e. The van der Waals surface area contributed by atoms with Gasteiger partial charge in [-0.1, -0.05) is 90.5 Å². The molecule has 0 spiro atoms. The van der Waals surface area contributed by atoms with Crippen LogP contribution in [0.15, 0.2) is 114 Å². The summed E-state index contributed by atoms with van der Waals surface area (Å²) in [5, 5.41) is 3.66. The minimum atomic E-state index is -0.256. The molecule has 34 heavy (non-hydrogen) atoms. The number of dihydropyridines is 1. The van der Waals surface area contributed by atoms with Gasteiger partial charge in [0.2, 0.25) is 0 Å². The van der Waals surface area contributed by atoms with Crippen LogP contribution in [0.25, 0.3) is 16.8 Å². The second kappa shape index (κ2) is 7.92. The first kappa shape index (κ1) is 20.8. The molecule has 3 aliphatic rings. The third kappa shape index (κ3) is 3.17. The molecule has 168 valence electrons. The van der Waals surface area contributed by atoms with Crippen molar-refractivity contribution in [2.45, 2.75) is 32.4 Å². The number of fused-ring (bicyclic) bond motifs is 3. The van der Waals surface area contributed by atoms with Gasteiger partial charge in [-0.2, -0.15) is 0 Å². The second-order valence-electron chi connectivity index (χ2n) is 9.83. The average molecular weight is 443 g/mol. The van der Waals surface area contributed by atoms with E-state index in [9.17, 15) is 0 Å². The molecule has 3 aliphatic heterocycles. The second-order valence-corrected chi connectivity index (χ2v) is 9.83. The standard InChI is InChI=1S/C32H30N2/c1-22-13-17-30(33-20-22)27-19-25(24-9-5-4-6-10-24)15-16-29(27)32(3)28-12-8-7-11-26(28)31-18-14-23(2)21-34(31)32/h4-20,30,33H,21H2,1-3H3/t30?,32-/m1/s1. The zero-order chi connectivity index (χ0) is 23.3. The van der Waals surface area contributed by atoms with Gasteiger partial charge in [0.15, 0.2) is 0 Å². The Kier molecular flexibility index (Phi) is 4.84. The lowest BCUT2D eigenvalue weighted by Gasteiger charge is -2.42. The van der Waals surface area contributed by atoms with Crippen LogP contribution in [0, 0.1) is 0 Å². The highest BCUT2D eigenvalue weighted by Crippen LogP contribution is 2.52. The Morgan fingerprint density at radius 1 is 0.853 bits per heavy atom. The summed E-state index contributed by atoms with van der Waals surface area (Å²) in [5.41, 5.74) is 11.6. The zero-order valence-corrected chi connectivity index (χ0v) is 20.0. The number of nitrogens with one attached hydrogen (secondary N) is 1. The van der Waals surface area contributed by atoms with Crippen molar-refractivity contribution in [2.75, 3.05) is 6.54 Å². The molecule has 3 aromatic rings. The molecule has 2 heteroatoms. The van der Waals surface area contributed by atoms with Gasteiger partial charge < -0.3 is 10.2 Å². The van der Waals surface area contributed by atoms with Crippen LogP contribution in [0.1, 0.15) is 49.1 Å². The molecule has 2 atom stereocenters. The van der Waals surface area contributed by atoms with Crippen molar-refractivity contribution in [1.29, 1.82) is 0 Å². The van der Waals surface area contributed by atoms with E-state index >= 15 is 0 Å². The highest BCUT2D eigenvalue weighted by Gasteiger charge is 2.46. The number of rotatable bonds is 3. The lowest BCUT2D eigenvalue weighted by Crippen LogP contribution is -2.41. The van der Waals surface area contributed by atoms with Gasteiger partial charge in [0.25, 0.3) is 0 Å². The van der Waals surface area contributed by atoms with Crippen LogP contribution < -0.4 is 5.32 Å². The molecular formula is C32H30N2. The fourth-order valence-corrected chi connectivity index (χ4v) is 5.74. The average Bonchev–Trinajstić information content (AvgIpc) is 3.13. The first-order chi connectivity index (χ1) is 16.6. The van der Waals surface area contributed by atoms with E-state index < -0.39 is 0 Å². The van der Waals surface area contributed by atoms with Gasteiger partial charge in [-0.25, -0.2) is 0 Å². The summed E-state index contributed by atoms with van der Waals surface area (Å²) in [5.74, 6) is 0. The van der Waals surface area contributed by atoms with E-state index in [2.05, 4.69) is 134 Å². The van der Waals surface area contributed by atoms with Crippen molar-refractivity contribution >= 4 is 5.70 Å². The molecule has 3 aromatic carbocycles. The molecule has 3 heterocycles. The minimum Gasteiger partial charge on any atom is -0.380 e. The Bertz CT molecular complexity index is 1390. The van der Waals surface area contributed by atoms with E-state index in [0.29, 0.717) is 0 Å². The summed E-state index contributed by atoms with van der Waals surface area (Å²) < 4.78 is 0. The number of hydrogen-bond donors (Lipinski definition) is 1. The van der Waals surface area contributed by atoms with Crippen molar-refractivity contribution in [2.24, 2.45) is 0 Å². The molecule has 0 amide bonds. The normalized spacial score (nSPS) is 22.9. The highest BCUT2D eigenvalue weighted by atomic mass is 15.2. The maximum absolute atomic E-state index is 3.66. The van der Waals surface area contributed by atoms with Crippen molar-refractivity contribution in [3.05, 3.63) is 137 Å². The van der Waals surface area contributed by atoms with Crippen LogP contribution >= 0.6 is 0 Å². The summed E-state index contributed by atoms with van der Waals surface area (Å²) in [6.45, 7) is 7.70. The summed E-state index contributed by atoms with van der Waals surface area (Å²) in [4.78, 5) is 2.60. The van der Waals surface area contributed by atoms with Crippen molar-refractivity contribution in [3.8, 4) is 11.1 Å². The minimum absolute atomic E-state index is 0.126. The maximum atomic E-state index is 3.66. The molecule has 0 aromatic heterocycles. The van der Waals surface area contributed by atoms with Gasteiger partial charge in [0, 0.05) is 24.0 Å². The van der Waals surface area contributed by atoms with Gasteiger partial charge in [-0.15, -0.1) is 0 Å². The third-order valence-corrected chi connectivity index (χ3v) is 7.55. The van der Waals surface area contributed by atoms with Gasteiger partial charge in [0.05, 0.1) is 11.6 Å². The van der Waals surface area contributed by atoms with E-state index in [1.165, 1.54) is 50.2 Å². The smallest absolute Gasteiger partial charge is 0.0892 e. The van der Waals surface area contributed by atoms with E-state index in [1.807, 2.05) is 0 Å². The number of allylic oxidation sites excluding steroid dienone is 4. The van der Waals surface area contributed by atoms with Crippen LogP contribution in [-0.4, -0.2) is 11.4 Å². The van der Waals surface area contributed by atoms with Crippen molar-refractivity contribution in [1.82, 2.24) is 10.2 Å². The predicted octanol–water partition coefficient (Wildman–Crippen LogP) is 7.34. The van der Waals surface area contributed by atoms with E-state index in [-0.39, 0.29) is 11.6 Å². The number of benzene rings is 3. The first-order valence-corrected chi connectivity index (χ1v) is 12.1. The SMILES string of the molecule is CC1=CNC(c2cc(-c3ccccc3)ccc2[C@@]2(C)c3ccccc3C3=CC=C(C)CN32)C=C1. The quantitative estimate of drug-likeness (QED) is 0.456.